The van der Waals surface area contributed by atoms with Crippen molar-refractivity contribution in [1.82, 2.24) is 14.8 Å². The third-order valence-corrected chi connectivity index (χ3v) is 4.22. The van der Waals surface area contributed by atoms with E-state index >= 15 is 0 Å². The van der Waals surface area contributed by atoms with Crippen LogP contribution in [0.1, 0.15) is 37.2 Å². The lowest BCUT2D eigenvalue weighted by Gasteiger charge is -2.17. The van der Waals surface area contributed by atoms with Crippen LogP contribution in [0.2, 0.25) is 5.02 Å². The maximum Gasteiger partial charge on any atom is 0.138 e. The summed E-state index contributed by atoms with van der Waals surface area (Å²) >= 11 is 9.85. The van der Waals surface area contributed by atoms with Gasteiger partial charge in [-0.15, -0.1) is 0 Å². The molecule has 2 rings (SSSR count). The lowest BCUT2D eigenvalue weighted by Crippen LogP contribution is -2.13. The van der Waals surface area contributed by atoms with E-state index in [1.54, 1.807) is 6.33 Å². The summed E-state index contributed by atoms with van der Waals surface area (Å²) in [4.78, 5) is 4.37. The van der Waals surface area contributed by atoms with Crippen molar-refractivity contribution in [3.8, 4) is 0 Å². The third kappa shape index (κ3) is 3.37. The lowest BCUT2D eigenvalue weighted by molar-refractivity contribution is 0.497. The van der Waals surface area contributed by atoms with E-state index in [0.717, 1.165) is 28.2 Å². The molecule has 0 saturated heterocycles. The Labute approximate surface area is 127 Å². The number of hydrogen-bond donors (Lipinski definition) is 0. The molecule has 0 aliphatic carbocycles. The average Bonchev–Trinajstić information content (AvgIpc) is 2.85. The van der Waals surface area contributed by atoms with Crippen LogP contribution in [0.25, 0.3) is 0 Å². The van der Waals surface area contributed by atoms with Gasteiger partial charge in [-0.05, 0) is 25.5 Å². The Morgan fingerprint density at radius 3 is 2.68 bits per heavy atom. The molecule has 1 aromatic carbocycles. The molecule has 19 heavy (non-hydrogen) atoms. The van der Waals surface area contributed by atoms with E-state index in [1.807, 2.05) is 22.9 Å². The predicted octanol–water partition coefficient (Wildman–Crippen LogP) is 4.23. The molecule has 0 bridgehead atoms. The highest BCUT2D eigenvalue weighted by molar-refractivity contribution is 9.09. The molecule has 0 aliphatic rings. The zero-order chi connectivity index (χ0) is 13.8. The highest BCUT2D eigenvalue weighted by Gasteiger charge is 2.18. The van der Waals surface area contributed by atoms with Crippen molar-refractivity contribution >= 4 is 27.5 Å². The molecule has 1 atom stereocenters. The van der Waals surface area contributed by atoms with E-state index in [-0.39, 0.29) is 0 Å². The Kier molecular flexibility index (Phi) is 4.99. The van der Waals surface area contributed by atoms with E-state index in [4.69, 9.17) is 11.6 Å². The molecule has 1 heterocycles. The molecule has 0 saturated carbocycles. The largest absolute Gasteiger partial charge is 0.248 e. The Hall–Kier alpha value is -0.870. The van der Waals surface area contributed by atoms with E-state index in [0.29, 0.717) is 12.0 Å². The first-order chi connectivity index (χ1) is 9.13. The maximum atomic E-state index is 6.28. The van der Waals surface area contributed by atoms with Crippen LogP contribution in [0.4, 0.5) is 0 Å². The van der Waals surface area contributed by atoms with Crippen LogP contribution in [0.3, 0.4) is 0 Å². The van der Waals surface area contributed by atoms with Crippen molar-refractivity contribution in [2.75, 3.05) is 5.33 Å². The van der Waals surface area contributed by atoms with Gasteiger partial charge in [-0.3, -0.25) is 0 Å². The van der Waals surface area contributed by atoms with E-state index in [1.165, 1.54) is 0 Å². The van der Waals surface area contributed by atoms with Crippen LogP contribution < -0.4 is 0 Å². The molecule has 0 radical (unpaired) electrons. The Morgan fingerprint density at radius 2 is 2.05 bits per heavy atom. The molecular formula is C14H17BrClN3. The summed E-state index contributed by atoms with van der Waals surface area (Å²) < 4.78 is 1.96. The molecule has 1 unspecified atom stereocenters. The standard InChI is InChI=1S/C14H17BrClN3/c1-10(2)19-14(17-9-18-19)7-11(8-15)12-5-3-4-6-13(12)16/h3-6,9-11H,7-8H2,1-2H3. The SMILES string of the molecule is CC(C)n1ncnc1CC(CBr)c1ccccc1Cl. The van der Waals surface area contributed by atoms with E-state index < -0.39 is 0 Å². The van der Waals surface area contributed by atoms with Gasteiger partial charge >= 0.3 is 0 Å². The minimum atomic E-state index is 0.301. The fourth-order valence-electron chi connectivity index (χ4n) is 2.13. The van der Waals surface area contributed by atoms with Crippen LogP contribution in [-0.4, -0.2) is 20.1 Å². The summed E-state index contributed by atoms with van der Waals surface area (Å²) in [5.41, 5.74) is 1.15. The van der Waals surface area contributed by atoms with Crippen LogP contribution in [-0.2, 0) is 6.42 Å². The first kappa shape index (κ1) is 14.5. The Bertz CT molecular complexity index is 539. The van der Waals surface area contributed by atoms with Crippen molar-refractivity contribution in [1.29, 1.82) is 0 Å². The molecule has 3 nitrogen and oxygen atoms in total. The summed E-state index contributed by atoms with van der Waals surface area (Å²) in [7, 11) is 0. The van der Waals surface area contributed by atoms with Gasteiger partial charge in [-0.25, -0.2) is 9.67 Å². The lowest BCUT2D eigenvalue weighted by atomic mass is 9.97. The Balaban J connectivity index is 2.25. The fraction of sp³-hybridized carbons (Fsp3) is 0.429. The van der Waals surface area contributed by atoms with Crippen molar-refractivity contribution in [3.63, 3.8) is 0 Å². The number of benzene rings is 1. The van der Waals surface area contributed by atoms with Crippen molar-refractivity contribution in [3.05, 3.63) is 47.0 Å². The van der Waals surface area contributed by atoms with Crippen molar-refractivity contribution in [2.45, 2.75) is 32.2 Å². The number of aromatic nitrogens is 3. The quantitative estimate of drug-likeness (QED) is 0.761. The number of rotatable bonds is 5. The van der Waals surface area contributed by atoms with Crippen LogP contribution >= 0.6 is 27.5 Å². The predicted molar refractivity (Wildman–Crippen MR) is 82.1 cm³/mol. The third-order valence-electron chi connectivity index (χ3n) is 3.10. The zero-order valence-corrected chi connectivity index (χ0v) is 13.4. The molecule has 0 aliphatic heterocycles. The molecule has 0 amide bonds. The second-order valence-corrected chi connectivity index (χ2v) is 5.85. The summed E-state index contributed by atoms with van der Waals surface area (Å²) in [6.07, 6.45) is 2.44. The molecule has 1 aromatic heterocycles. The van der Waals surface area contributed by atoms with Crippen LogP contribution in [0, 0.1) is 0 Å². The molecule has 0 N–H and O–H groups in total. The number of hydrogen-bond acceptors (Lipinski definition) is 2. The Morgan fingerprint density at radius 1 is 1.32 bits per heavy atom. The molecule has 0 spiro atoms. The second kappa shape index (κ2) is 6.53. The second-order valence-electron chi connectivity index (χ2n) is 4.79. The van der Waals surface area contributed by atoms with Crippen LogP contribution in [0.15, 0.2) is 30.6 Å². The molecule has 2 aromatic rings. The van der Waals surface area contributed by atoms with Gasteiger partial charge in [0.2, 0.25) is 0 Å². The summed E-state index contributed by atoms with van der Waals surface area (Å²) in [6, 6.07) is 8.29. The normalized spacial score (nSPS) is 12.9. The fourth-order valence-corrected chi connectivity index (χ4v) is 2.99. The van der Waals surface area contributed by atoms with Gasteiger partial charge in [-0.2, -0.15) is 5.10 Å². The van der Waals surface area contributed by atoms with Gasteiger partial charge < -0.3 is 0 Å². The maximum absolute atomic E-state index is 6.28. The van der Waals surface area contributed by atoms with Gasteiger partial charge in [0.05, 0.1) is 0 Å². The van der Waals surface area contributed by atoms with Gasteiger partial charge in [0.25, 0.3) is 0 Å². The minimum absolute atomic E-state index is 0.301. The van der Waals surface area contributed by atoms with Gasteiger partial charge in [0.1, 0.15) is 12.2 Å². The minimum Gasteiger partial charge on any atom is -0.248 e. The first-order valence-electron chi connectivity index (χ1n) is 6.32. The summed E-state index contributed by atoms with van der Waals surface area (Å²) in [6.45, 7) is 4.22. The summed E-state index contributed by atoms with van der Waals surface area (Å²) in [5, 5.41) is 5.93. The monoisotopic (exact) mass is 341 g/mol. The first-order valence-corrected chi connectivity index (χ1v) is 7.82. The van der Waals surface area contributed by atoms with Crippen molar-refractivity contribution in [2.24, 2.45) is 0 Å². The molecule has 0 fully saturated rings. The number of halogens is 2. The molecule has 102 valence electrons. The summed E-state index contributed by atoms with van der Waals surface area (Å²) in [5.74, 6) is 1.30. The number of alkyl halides is 1. The highest BCUT2D eigenvalue weighted by Crippen LogP contribution is 2.28. The molecular weight excluding hydrogens is 326 g/mol. The van der Waals surface area contributed by atoms with E-state index in [9.17, 15) is 0 Å². The molecule has 5 heteroatoms. The van der Waals surface area contributed by atoms with Crippen LogP contribution in [0.5, 0.6) is 0 Å². The topological polar surface area (TPSA) is 30.7 Å². The average molecular weight is 343 g/mol. The van der Waals surface area contributed by atoms with Gasteiger partial charge in [0, 0.05) is 28.7 Å². The number of nitrogens with zero attached hydrogens (tertiary/aromatic N) is 3. The highest BCUT2D eigenvalue weighted by atomic mass is 79.9. The van der Waals surface area contributed by atoms with Gasteiger partial charge in [-0.1, -0.05) is 45.7 Å². The van der Waals surface area contributed by atoms with Gasteiger partial charge in [0.15, 0.2) is 0 Å². The smallest absolute Gasteiger partial charge is 0.138 e. The zero-order valence-electron chi connectivity index (χ0n) is 11.1. The van der Waals surface area contributed by atoms with Crippen molar-refractivity contribution < 1.29 is 0 Å². The van der Waals surface area contributed by atoms with E-state index in [2.05, 4.69) is 45.9 Å².